The van der Waals surface area contributed by atoms with Crippen LogP contribution in [0.1, 0.15) is 36.6 Å². The maximum atomic E-state index is 11.6. The average molecular weight is 346 g/mol. The lowest BCUT2D eigenvalue weighted by Crippen LogP contribution is -2.06. The minimum absolute atomic E-state index is 0.106. The first-order chi connectivity index (χ1) is 12.5. The normalized spacial score (nSPS) is 11.6. The Labute approximate surface area is 148 Å². The fraction of sp³-hybridized carbons (Fsp3) is 0. The molecule has 0 heterocycles. The third-order valence-electron chi connectivity index (χ3n) is 4.00. The van der Waals surface area contributed by atoms with Gasteiger partial charge in [-0.3, -0.25) is 4.79 Å². The number of hydrogen-bond acceptors (Lipinski definition) is 3. The molecular formula is C21H14O5. The molecule has 0 aromatic heterocycles. The van der Waals surface area contributed by atoms with Gasteiger partial charge in [0.05, 0.1) is 11.1 Å². The Balaban J connectivity index is 0.000000153. The van der Waals surface area contributed by atoms with Gasteiger partial charge in [0, 0.05) is 10.9 Å². The highest BCUT2D eigenvalue weighted by atomic mass is 16.4. The van der Waals surface area contributed by atoms with Crippen molar-refractivity contribution in [1.82, 2.24) is 0 Å². The van der Waals surface area contributed by atoms with Crippen molar-refractivity contribution >= 4 is 34.6 Å². The molecule has 0 saturated heterocycles. The van der Waals surface area contributed by atoms with E-state index in [0.29, 0.717) is 0 Å². The molecule has 2 N–H and O–H groups in total. The summed E-state index contributed by atoms with van der Waals surface area (Å²) in [7, 11) is 0. The summed E-state index contributed by atoms with van der Waals surface area (Å²) in [4.78, 5) is 32.5. The fourth-order valence-corrected chi connectivity index (χ4v) is 2.83. The molecule has 0 amide bonds. The van der Waals surface area contributed by atoms with E-state index in [2.05, 4.69) is 0 Å². The van der Waals surface area contributed by atoms with Crippen molar-refractivity contribution < 1.29 is 24.6 Å². The molecule has 3 aromatic rings. The molecule has 0 atom stereocenters. The number of carbonyl (C=O) groups is 3. The summed E-state index contributed by atoms with van der Waals surface area (Å²) in [6.45, 7) is 0. The molecule has 128 valence electrons. The molecule has 5 nitrogen and oxygen atoms in total. The van der Waals surface area contributed by atoms with Crippen LogP contribution in [-0.4, -0.2) is 27.9 Å². The SMILES string of the molecule is O=C(O)c1ccccc1C(=O)O.O=C1C=Cc2cccc3cccc1c23. The van der Waals surface area contributed by atoms with Gasteiger partial charge in [-0.15, -0.1) is 0 Å². The van der Waals surface area contributed by atoms with E-state index in [4.69, 9.17) is 10.2 Å². The molecule has 0 unspecified atom stereocenters. The second-order valence-electron chi connectivity index (χ2n) is 5.60. The number of aromatic carboxylic acids is 2. The van der Waals surface area contributed by atoms with Crippen LogP contribution < -0.4 is 0 Å². The smallest absolute Gasteiger partial charge is 0.336 e. The highest BCUT2D eigenvalue weighted by Gasteiger charge is 2.14. The van der Waals surface area contributed by atoms with Crippen molar-refractivity contribution in [3.8, 4) is 0 Å². The van der Waals surface area contributed by atoms with Crippen molar-refractivity contribution in [1.29, 1.82) is 0 Å². The number of hydrogen-bond donors (Lipinski definition) is 2. The van der Waals surface area contributed by atoms with E-state index >= 15 is 0 Å². The monoisotopic (exact) mass is 346 g/mol. The molecule has 0 spiro atoms. The van der Waals surface area contributed by atoms with Crippen molar-refractivity contribution in [3.63, 3.8) is 0 Å². The van der Waals surface area contributed by atoms with Crippen molar-refractivity contribution in [2.45, 2.75) is 0 Å². The van der Waals surface area contributed by atoms with Gasteiger partial charge in [-0.25, -0.2) is 9.59 Å². The van der Waals surface area contributed by atoms with Crippen LogP contribution in [0.3, 0.4) is 0 Å². The third-order valence-corrected chi connectivity index (χ3v) is 4.00. The number of allylic oxidation sites excluding steroid dienone is 1. The summed E-state index contributed by atoms with van der Waals surface area (Å²) >= 11 is 0. The van der Waals surface area contributed by atoms with Gasteiger partial charge in [0.15, 0.2) is 5.78 Å². The van der Waals surface area contributed by atoms with Crippen LogP contribution in [0.15, 0.2) is 66.7 Å². The van der Waals surface area contributed by atoms with Crippen LogP contribution >= 0.6 is 0 Å². The lowest BCUT2D eigenvalue weighted by molar-refractivity contribution is 0.0651. The summed E-state index contributed by atoms with van der Waals surface area (Å²) in [5, 5.41) is 19.3. The average Bonchev–Trinajstić information content (AvgIpc) is 2.65. The molecule has 5 heteroatoms. The van der Waals surface area contributed by atoms with Crippen LogP contribution in [0.4, 0.5) is 0 Å². The number of carbonyl (C=O) groups excluding carboxylic acids is 1. The van der Waals surface area contributed by atoms with Crippen LogP contribution in [0.2, 0.25) is 0 Å². The van der Waals surface area contributed by atoms with Gasteiger partial charge in [0.25, 0.3) is 0 Å². The first-order valence-corrected chi connectivity index (χ1v) is 7.79. The molecule has 0 bridgehead atoms. The van der Waals surface area contributed by atoms with Gasteiger partial charge in [-0.2, -0.15) is 0 Å². The predicted molar refractivity (Wildman–Crippen MR) is 97.7 cm³/mol. The molecule has 26 heavy (non-hydrogen) atoms. The van der Waals surface area contributed by atoms with E-state index in [1.165, 1.54) is 24.3 Å². The number of carboxylic acid groups (broad SMARTS) is 2. The molecular weight excluding hydrogens is 332 g/mol. The first-order valence-electron chi connectivity index (χ1n) is 7.79. The summed E-state index contributed by atoms with van der Waals surface area (Å²) < 4.78 is 0. The molecule has 0 radical (unpaired) electrons. The van der Waals surface area contributed by atoms with E-state index in [1.807, 2.05) is 42.5 Å². The molecule has 1 aliphatic rings. The molecule has 0 fully saturated rings. The van der Waals surface area contributed by atoms with E-state index in [1.54, 1.807) is 6.08 Å². The van der Waals surface area contributed by atoms with Gasteiger partial charge in [-0.1, -0.05) is 54.6 Å². The lowest BCUT2D eigenvalue weighted by atomic mass is 9.92. The number of rotatable bonds is 2. The van der Waals surface area contributed by atoms with Crippen molar-refractivity contribution in [3.05, 3.63) is 89.0 Å². The van der Waals surface area contributed by atoms with E-state index < -0.39 is 11.9 Å². The van der Waals surface area contributed by atoms with Gasteiger partial charge >= 0.3 is 11.9 Å². The van der Waals surface area contributed by atoms with Crippen LogP contribution in [0.25, 0.3) is 16.8 Å². The summed E-state index contributed by atoms with van der Waals surface area (Å²) in [5.41, 5.74) is 1.58. The van der Waals surface area contributed by atoms with Crippen LogP contribution in [0.5, 0.6) is 0 Å². The third kappa shape index (κ3) is 3.23. The standard InChI is InChI=1S/C13H8O.C8H6O4/c14-12-8-7-10-4-1-3-9-5-2-6-11(12)13(9)10;9-7(10)5-3-1-2-4-6(5)8(11)12/h1-8H;1-4H,(H,9,10)(H,11,12). The van der Waals surface area contributed by atoms with Crippen molar-refractivity contribution in [2.24, 2.45) is 0 Å². The van der Waals surface area contributed by atoms with E-state index in [0.717, 1.165) is 21.9 Å². The Kier molecular flexibility index (Phi) is 4.62. The highest BCUT2D eigenvalue weighted by Crippen LogP contribution is 2.27. The second-order valence-corrected chi connectivity index (χ2v) is 5.60. The lowest BCUT2D eigenvalue weighted by Gasteiger charge is -2.10. The quantitative estimate of drug-likeness (QED) is 0.728. The molecule has 0 aliphatic heterocycles. The maximum absolute atomic E-state index is 11.6. The minimum atomic E-state index is -1.23. The Morgan fingerprint density at radius 2 is 1.27 bits per heavy atom. The predicted octanol–water partition coefficient (Wildman–Crippen LogP) is 4.13. The number of benzene rings is 3. The van der Waals surface area contributed by atoms with E-state index in [9.17, 15) is 14.4 Å². The minimum Gasteiger partial charge on any atom is -0.478 e. The zero-order valence-electron chi connectivity index (χ0n) is 13.5. The topological polar surface area (TPSA) is 91.7 Å². The number of carboxylic acids is 2. The second kappa shape index (κ2) is 7.03. The summed E-state index contributed by atoms with van der Waals surface area (Å²) in [6, 6.07) is 17.4. The molecule has 1 aliphatic carbocycles. The Morgan fingerprint density at radius 1 is 0.692 bits per heavy atom. The highest BCUT2D eigenvalue weighted by molar-refractivity contribution is 6.19. The van der Waals surface area contributed by atoms with E-state index in [-0.39, 0.29) is 16.9 Å². The van der Waals surface area contributed by atoms with Gasteiger partial charge in [0.1, 0.15) is 0 Å². The van der Waals surface area contributed by atoms with Gasteiger partial charge in [0.2, 0.25) is 0 Å². The van der Waals surface area contributed by atoms with Crippen LogP contribution in [0, 0.1) is 0 Å². The Morgan fingerprint density at radius 3 is 1.85 bits per heavy atom. The fourth-order valence-electron chi connectivity index (χ4n) is 2.83. The Hall–Kier alpha value is -3.73. The Bertz CT molecular complexity index is 1020. The van der Waals surface area contributed by atoms with Gasteiger partial charge < -0.3 is 10.2 Å². The molecule has 0 saturated carbocycles. The zero-order chi connectivity index (χ0) is 18.7. The maximum Gasteiger partial charge on any atom is 0.336 e. The van der Waals surface area contributed by atoms with Crippen LogP contribution in [-0.2, 0) is 0 Å². The number of ketones is 1. The molecule has 4 rings (SSSR count). The summed E-state index contributed by atoms with van der Waals surface area (Å²) in [5.74, 6) is -2.35. The molecule has 3 aromatic carbocycles. The largest absolute Gasteiger partial charge is 0.478 e. The van der Waals surface area contributed by atoms with Crippen molar-refractivity contribution in [2.75, 3.05) is 0 Å². The summed E-state index contributed by atoms with van der Waals surface area (Å²) in [6.07, 6.45) is 3.52. The zero-order valence-corrected chi connectivity index (χ0v) is 13.5. The van der Waals surface area contributed by atoms with Gasteiger partial charge in [-0.05, 0) is 29.2 Å². The first kappa shape index (κ1) is 17.1.